The normalized spacial score (nSPS) is 11.8. The molecule has 0 radical (unpaired) electrons. The summed E-state index contributed by atoms with van der Waals surface area (Å²) in [4.78, 5) is 8.91. The van der Waals surface area contributed by atoms with Crippen LogP contribution in [-0.2, 0) is 5.41 Å². The molecule has 0 aliphatic heterocycles. The molecule has 2 nitrogen and oxygen atoms in total. The number of fused-ring (bicyclic) bond motifs is 1. The van der Waals surface area contributed by atoms with Gasteiger partial charge in [0.1, 0.15) is 0 Å². The Hall–Kier alpha value is -2.22. The molecule has 0 saturated carbocycles. The summed E-state index contributed by atoms with van der Waals surface area (Å²) in [5, 5.41) is 1.13. The Balaban J connectivity index is 2.16. The summed E-state index contributed by atoms with van der Waals surface area (Å²) in [6.07, 6.45) is 3.65. The van der Waals surface area contributed by atoms with Crippen LogP contribution in [0.5, 0.6) is 0 Å². The maximum Gasteiger partial charge on any atom is 0.0885 e. The van der Waals surface area contributed by atoms with Crippen molar-refractivity contribution in [2.75, 3.05) is 0 Å². The molecule has 3 aromatic rings. The molecule has 2 heterocycles. The van der Waals surface area contributed by atoms with Crippen molar-refractivity contribution < 1.29 is 0 Å². The first-order valence-electron chi connectivity index (χ1n) is 7.27. The largest absolute Gasteiger partial charge is 0.255 e. The quantitative estimate of drug-likeness (QED) is 0.631. The highest BCUT2D eigenvalue weighted by Crippen LogP contribution is 2.29. The molecule has 0 amide bonds. The van der Waals surface area contributed by atoms with E-state index in [9.17, 15) is 0 Å². The highest BCUT2D eigenvalue weighted by molar-refractivity contribution is 5.82. The van der Waals surface area contributed by atoms with Gasteiger partial charge in [-0.25, -0.2) is 0 Å². The molecule has 106 valence electrons. The fourth-order valence-corrected chi connectivity index (χ4v) is 2.50. The number of aromatic nitrogens is 2. The zero-order valence-corrected chi connectivity index (χ0v) is 13.0. The summed E-state index contributed by atoms with van der Waals surface area (Å²) in [5.74, 6) is 0. The average Bonchev–Trinajstić information content (AvgIpc) is 2.45. The van der Waals surface area contributed by atoms with Crippen molar-refractivity contribution in [3.05, 3.63) is 59.9 Å². The van der Waals surface area contributed by atoms with Crippen LogP contribution in [0.25, 0.3) is 22.2 Å². The molecule has 0 unspecified atom stereocenters. The average molecular weight is 276 g/mol. The SMILES string of the molecule is Cc1cc(-c2cc3cccnc3cn2)cc(C(C)(C)C)c1. The van der Waals surface area contributed by atoms with E-state index in [4.69, 9.17) is 0 Å². The van der Waals surface area contributed by atoms with Gasteiger partial charge in [-0.1, -0.05) is 38.5 Å². The summed E-state index contributed by atoms with van der Waals surface area (Å²) in [6, 6.07) is 12.9. The van der Waals surface area contributed by atoms with Crippen molar-refractivity contribution in [2.24, 2.45) is 0 Å². The first-order chi connectivity index (χ1) is 9.93. The first-order valence-corrected chi connectivity index (χ1v) is 7.27. The monoisotopic (exact) mass is 276 g/mol. The summed E-state index contributed by atoms with van der Waals surface area (Å²) >= 11 is 0. The molecule has 0 spiro atoms. The van der Waals surface area contributed by atoms with Crippen molar-refractivity contribution >= 4 is 10.9 Å². The summed E-state index contributed by atoms with van der Waals surface area (Å²) in [5.41, 5.74) is 5.86. The Morgan fingerprint density at radius 3 is 2.52 bits per heavy atom. The van der Waals surface area contributed by atoms with E-state index in [2.05, 4.69) is 68.0 Å². The van der Waals surface area contributed by atoms with E-state index in [1.807, 2.05) is 12.3 Å². The molecule has 0 fully saturated rings. The Morgan fingerprint density at radius 2 is 1.76 bits per heavy atom. The first kappa shape index (κ1) is 13.7. The number of pyridine rings is 2. The number of rotatable bonds is 1. The standard InChI is InChI=1S/C19H20N2/c1-13-8-15(10-16(9-13)19(2,3)4)17-11-14-6-5-7-20-18(14)12-21-17/h5-12H,1-4H3. The van der Waals surface area contributed by atoms with Gasteiger partial charge >= 0.3 is 0 Å². The van der Waals surface area contributed by atoms with Gasteiger partial charge in [-0.05, 0) is 42.2 Å². The van der Waals surface area contributed by atoms with Gasteiger partial charge in [-0.15, -0.1) is 0 Å². The third kappa shape index (κ3) is 2.80. The number of aryl methyl sites for hydroxylation is 1. The number of hydrogen-bond donors (Lipinski definition) is 0. The minimum Gasteiger partial charge on any atom is -0.255 e. The van der Waals surface area contributed by atoms with E-state index in [0.717, 1.165) is 16.6 Å². The van der Waals surface area contributed by atoms with Crippen molar-refractivity contribution in [1.29, 1.82) is 0 Å². The Kier molecular flexibility index (Phi) is 3.25. The Morgan fingerprint density at radius 1 is 0.952 bits per heavy atom. The van der Waals surface area contributed by atoms with Crippen molar-refractivity contribution in [2.45, 2.75) is 33.1 Å². The second kappa shape index (κ2) is 4.96. The molecule has 0 saturated heterocycles. The number of hydrogen-bond acceptors (Lipinski definition) is 2. The molecule has 1 aromatic carbocycles. The lowest BCUT2D eigenvalue weighted by Gasteiger charge is -2.20. The Bertz CT molecular complexity index is 798. The lowest BCUT2D eigenvalue weighted by molar-refractivity contribution is 0.590. The van der Waals surface area contributed by atoms with Crippen LogP contribution >= 0.6 is 0 Å². The van der Waals surface area contributed by atoms with Crippen LogP contribution < -0.4 is 0 Å². The molecule has 0 atom stereocenters. The lowest BCUT2D eigenvalue weighted by atomic mass is 9.85. The van der Waals surface area contributed by atoms with E-state index < -0.39 is 0 Å². The summed E-state index contributed by atoms with van der Waals surface area (Å²) in [7, 11) is 0. The zero-order valence-electron chi connectivity index (χ0n) is 13.0. The van der Waals surface area contributed by atoms with Crippen LogP contribution in [-0.4, -0.2) is 9.97 Å². The topological polar surface area (TPSA) is 25.8 Å². The van der Waals surface area contributed by atoms with E-state index in [1.165, 1.54) is 16.7 Å². The predicted molar refractivity (Wildman–Crippen MR) is 88.4 cm³/mol. The lowest BCUT2D eigenvalue weighted by Crippen LogP contribution is -2.11. The van der Waals surface area contributed by atoms with Crippen LogP contribution in [0.4, 0.5) is 0 Å². The van der Waals surface area contributed by atoms with Gasteiger partial charge < -0.3 is 0 Å². The summed E-state index contributed by atoms with van der Waals surface area (Å²) < 4.78 is 0. The molecule has 0 bridgehead atoms. The van der Waals surface area contributed by atoms with Gasteiger partial charge in [0.2, 0.25) is 0 Å². The van der Waals surface area contributed by atoms with Crippen LogP contribution in [0.1, 0.15) is 31.9 Å². The maximum absolute atomic E-state index is 4.58. The molecule has 2 heteroatoms. The second-order valence-corrected chi connectivity index (χ2v) is 6.60. The van der Waals surface area contributed by atoms with Gasteiger partial charge in [-0.2, -0.15) is 0 Å². The maximum atomic E-state index is 4.58. The molecule has 21 heavy (non-hydrogen) atoms. The highest BCUT2D eigenvalue weighted by Gasteiger charge is 2.15. The van der Waals surface area contributed by atoms with Gasteiger partial charge in [0.25, 0.3) is 0 Å². The van der Waals surface area contributed by atoms with Gasteiger partial charge in [0.15, 0.2) is 0 Å². The van der Waals surface area contributed by atoms with Crippen molar-refractivity contribution in [3.8, 4) is 11.3 Å². The fourth-order valence-electron chi connectivity index (χ4n) is 2.50. The molecule has 0 aliphatic carbocycles. The van der Waals surface area contributed by atoms with E-state index in [-0.39, 0.29) is 5.41 Å². The third-order valence-electron chi connectivity index (χ3n) is 3.73. The van der Waals surface area contributed by atoms with Crippen LogP contribution in [0.15, 0.2) is 48.8 Å². The van der Waals surface area contributed by atoms with E-state index >= 15 is 0 Å². The minimum atomic E-state index is 0.138. The molecular formula is C19H20N2. The smallest absolute Gasteiger partial charge is 0.0885 e. The zero-order chi connectivity index (χ0) is 15.0. The highest BCUT2D eigenvalue weighted by atomic mass is 14.7. The summed E-state index contributed by atoms with van der Waals surface area (Å²) in [6.45, 7) is 8.86. The van der Waals surface area contributed by atoms with Crippen molar-refractivity contribution in [3.63, 3.8) is 0 Å². The van der Waals surface area contributed by atoms with Crippen LogP contribution in [0.3, 0.4) is 0 Å². The second-order valence-electron chi connectivity index (χ2n) is 6.60. The van der Waals surface area contributed by atoms with E-state index in [0.29, 0.717) is 0 Å². The fraction of sp³-hybridized carbons (Fsp3) is 0.263. The van der Waals surface area contributed by atoms with E-state index in [1.54, 1.807) is 6.20 Å². The predicted octanol–water partition coefficient (Wildman–Crippen LogP) is 4.90. The van der Waals surface area contributed by atoms with Gasteiger partial charge in [-0.3, -0.25) is 9.97 Å². The molecule has 3 rings (SSSR count). The molecule has 0 N–H and O–H groups in total. The molecule has 2 aromatic heterocycles. The number of benzene rings is 1. The van der Waals surface area contributed by atoms with Gasteiger partial charge in [0.05, 0.1) is 17.4 Å². The third-order valence-corrected chi connectivity index (χ3v) is 3.73. The van der Waals surface area contributed by atoms with Crippen molar-refractivity contribution in [1.82, 2.24) is 9.97 Å². The number of nitrogens with zero attached hydrogens (tertiary/aromatic N) is 2. The van der Waals surface area contributed by atoms with Crippen LogP contribution in [0, 0.1) is 6.92 Å². The Labute approximate surface area is 125 Å². The van der Waals surface area contributed by atoms with Crippen LogP contribution in [0.2, 0.25) is 0 Å². The van der Waals surface area contributed by atoms with Gasteiger partial charge in [0, 0.05) is 17.1 Å². The molecular weight excluding hydrogens is 256 g/mol. The molecule has 0 aliphatic rings. The minimum absolute atomic E-state index is 0.138.